The molecule has 0 aromatic heterocycles. The Balaban J connectivity index is 2.03. The van der Waals surface area contributed by atoms with Crippen LogP contribution >= 0.6 is 0 Å². The van der Waals surface area contributed by atoms with Crippen molar-refractivity contribution in [1.29, 1.82) is 0 Å². The number of rotatable bonds is 7. The molecule has 2 rings (SSSR count). The van der Waals surface area contributed by atoms with Crippen molar-refractivity contribution in [3.8, 4) is 11.5 Å². The third-order valence-electron chi connectivity index (χ3n) is 4.07. The van der Waals surface area contributed by atoms with Gasteiger partial charge in [-0.15, -0.1) is 0 Å². The second kappa shape index (κ2) is 8.48. The van der Waals surface area contributed by atoms with Gasteiger partial charge in [0.15, 0.2) is 0 Å². The predicted molar refractivity (Wildman–Crippen MR) is 95.5 cm³/mol. The van der Waals surface area contributed by atoms with Gasteiger partial charge in [-0.3, -0.25) is 9.69 Å². The van der Waals surface area contributed by atoms with Crippen LogP contribution in [0.3, 0.4) is 0 Å². The summed E-state index contributed by atoms with van der Waals surface area (Å²) in [6.45, 7) is 2.35. The van der Waals surface area contributed by atoms with E-state index in [4.69, 9.17) is 9.47 Å². The molecule has 134 valence electrons. The van der Waals surface area contributed by atoms with Crippen molar-refractivity contribution in [3.63, 3.8) is 0 Å². The van der Waals surface area contributed by atoms with Crippen LogP contribution < -0.4 is 14.8 Å². The molecule has 1 unspecified atom stereocenters. The molecule has 2 aromatic carbocycles. The number of nitrogens with one attached hydrogen (secondary N) is 1. The Hall–Kier alpha value is -2.60. The zero-order chi connectivity index (χ0) is 18.4. The molecule has 2 aromatic rings. The standard InChI is InChI=1S/C19H23FN2O3/c1-13(19(23)21-16-8-6-15(20)7-9-16)22(2)12-14-5-10-17(24-3)11-18(14)25-4/h5-11,13H,12H2,1-4H3,(H,21,23). The topological polar surface area (TPSA) is 50.8 Å². The van der Waals surface area contributed by atoms with Crippen LogP contribution in [0.5, 0.6) is 11.5 Å². The first kappa shape index (κ1) is 18.7. The highest BCUT2D eigenvalue weighted by Crippen LogP contribution is 2.26. The minimum Gasteiger partial charge on any atom is -0.497 e. The maximum Gasteiger partial charge on any atom is 0.241 e. The minimum absolute atomic E-state index is 0.165. The van der Waals surface area contributed by atoms with E-state index in [-0.39, 0.29) is 17.8 Å². The monoisotopic (exact) mass is 346 g/mol. The number of amides is 1. The van der Waals surface area contributed by atoms with E-state index in [2.05, 4.69) is 5.32 Å². The van der Waals surface area contributed by atoms with Gasteiger partial charge in [-0.2, -0.15) is 0 Å². The highest BCUT2D eigenvalue weighted by molar-refractivity contribution is 5.94. The summed E-state index contributed by atoms with van der Waals surface area (Å²) < 4.78 is 23.5. The van der Waals surface area contributed by atoms with E-state index in [0.29, 0.717) is 23.7 Å². The molecule has 0 fully saturated rings. The first-order valence-corrected chi connectivity index (χ1v) is 7.92. The highest BCUT2D eigenvalue weighted by atomic mass is 19.1. The molecule has 1 N–H and O–H groups in total. The lowest BCUT2D eigenvalue weighted by Gasteiger charge is -2.25. The van der Waals surface area contributed by atoms with Crippen LogP contribution in [-0.2, 0) is 11.3 Å². The number of likely N-dealkylation sites (N-methyl/N-ethyl adjacent to an activating group) is 1. The van der Waals surface area contributed by atoms with Crippen molar-refractivity contribution in [1.82, 2.24) is 4.90 Å². The van der Waals surface area contributed by atoms with Crippen molar-refractivity contribution >= 4 is 11.6 Å². The predicted octanol–water partition coefficient (Wildman–Crippen LogP) is 3.30. The molecular weight excluding hydrogens is 323 g/mol. The fourth-order valence-electron chi connectivity index (χ4n) is 2.37. The van der Waals surface area contributed by atoms with Crippen LogP contribution in [0, 0.1) is 5.82 Å². The van der Waals surface area contributed by atoms with E-state index >= 15 is 0 Å². The smallest absolute Gasteiger partial charge is 0.241 e. The number of benzene rings is 2. The third kappa shape index (κ3) is 4.93. The average Bonchev–Trinajstić information content (AvgIpc) is 2.63. The largest absolute Gasteiger partial charge is 0.497 e. The van der Waals surface area contributed by atoms with E-state index in [0.717, 1.165) is 5.56 Å². The zero-order valence-electron chi connectivity index (χ0n) is 14.9. The summed E-state index contributed by atoms with van der Waals surface area (Å²) >= 11 is 0. The third-order valence-corrected chi connectivity index (χ3v) is 4.07. The first-order valence-electron chi connectivity index (χ1n) is 7.92. The lowest BCUT2D eigenvalue weighted by molar-refractivity contribution is -0.120. The van der Waals surface area contributed by atoms with Crippen LogP contribution in [-0.4, -0.2) is 38.1 Å². The zero-order valence-corrected chi connectivity index (χ0v) is 14.9. The Morgan fingerprint density at radius 3 is 2.44 bits per heavy atom. The molecule has 0 bridgehead atoms. The second-order valence-electron chi connectivity index (χ2n) is 5.77. The molecule has 6 heteroatoms. The normalized spacial score (nSPS) is 11.9. The molecule has 0 aliphatic rings. The fourth-order valence-corrected chi connectivity index (χ4v) is 2.37. The Kier molecular flexibility index (Phi) is 6.36. The molecule has 0 radical (unpaired) electrons. The molecule has 1 atom stereocenters. The molecule has 1 amide bonds. The van der Waals surface area contributed by atoms with Crippen molar-refractivity contribution in [2.75, 3.05) is 26.6 Å². The molecule has 5 nitrogen and oxygen atoms in total. The lowest BCUT2D eigenvalue weighted by Crippen LogP contribution is -2.39. The molecule has 0 heterocycles. The second-order valence-corrected chi connectivity index (χ2v) is 5.77. The Morgan fingerprint density at radius 2 is 1.84 bits per heavy atom. The Morgan fingerprint density at radius 1 is 1.16 bits per heavy atom. The van der Waals surface area contributed by atoms with Gasteiger partial charge in [0.2, 0.25) is 5.91 Å². The molecule has 0 aliphatic carbocycles. The van der Waals surface area contributed by atoms with Crippen LogP contribution in [0.25, 0.3) is 0 Å². The van der Waals surface area contributed by atoms with Crippen molar-refractivity contribution in [2.24, 2.45) is 0 Å². The maximum atomic E-state index is 12.9. The summed E-state index contributed by atoms with van der Waals surface area (Å²) in [6, 6.07) is 10.9. The molecule has 0 spiro atoms. The van der Waals surface area contributed by atoms with Gasteiger partial charge in [0, 0.05) is 23.9 Å². The summed E-state index contributed by atoms with van der Waals surface area (Å²) in [6.07, 6.45) is 0. The van der Waals surface area contributed by atoms with Gasteiger partial charge >= 0.3 is 0 Å². The quantitative estimate of drug-likeness (QED) is 0.836. The molecule has 0 aliphatic heterocycles. The van der Waals surface area contributed by atoms with Crippen LogP contribution in [0.2, 0.25) is 0 Å². The van der Waals surface area contributed by atoms with Crippen LogP contribution in [0.15, 0.2) is 42.5 Å². The molecule has 0 saturated heterocycles. The molecule has 0 saturated carbocycles. The number of nitrogens with zero attached hydrogens (tertiary/aromatic N) is 1. The number of methoxy groups -OCH3 is 2. The minimum atomic E-state index is -0.378. The van der Waals surface area contributed by atoms with E-state index < -0.39 is 0 Å². The van der Waals surface area contributed by atoms with Gasteiger partial charge in [-0.1, -0.05) is 6.07 Å². The number of hydrogen-bond acceptors (Lipinski definition) is 4. The summed E-state index contributed by atoms with van der Waals surface area (Å²) in [7, 11) is 5.06. The summed E-state index contributed by atoms with van der Waals surface area (Å²) in [5.41, 5.74) is 1.51. The number of carbonyl (C=O) groups is 1. The summed E-state index contributed by atoms with van der Waals surface area (Å²) in [5.74, 6) is 0.916. The van der Waals surface area contributed by atoms with Gasteiger partial charge in [0.05, 0.1) is 20.3 Å². The van der Waals surface area contributed by atoms with Crippen LogP contribution in [0.4, 0.5) is 10.1 Å². The molecule has 25 heavy (non-hydrogen) atoms. The van der Waals surface area contributed by atoms with Crippen molar-refractivity contribution in [3.05, 3.63) is 53.8 Å². The van der Waals surface area contributed by atoms with Crippen LogP contribution in [0.1, 0.15) is 12.5 Å². The van der Waals surface area contributed by atoms with E-state index in [9.17, 15) is 9.18 Å². The Labute approximate surface area is 147 Å². The number of ether oxygens (including phenoxy) is 2. The average molecular weight is 346 g/mol. The highest BCUT2D eigenvalue weighted by Gasteiger charge is 2.19. The van der Waals surface area contributed by atoms with E-state index in [1.807, 2.05) is 37.1 Å². The summed E-state index contributed by atoms with van der Waals surface area (Å²) in [5, 5.41) is 2.78. The number of anilines is 1. The van der Waals surface area contributed by atoms with Gasteiger partial charge in [-0.25, -0.2) is 4.39 Å². The number of hydrogen-bond donors (Lipinski definition) is 1. The van der Waals surface area contributed by atoms with Gasteiger partial charge < -0.3 is 14.8 Å². The van der Waals surface area contributed by atoms with Gasteiger partial charge in [0.25, 0.3) is 0 Å². The van der Waals surface area contributed by atoms with E-state index in [1.165, 1.54) is 24.3 Å². The Bertz CT molecular complexity index is 719. The van der Waals surface area contributed by atoms with E-state index in [1.54, 1.807) is 14.2 Å². The number of carbonyl (C=O) groups excluding carboxylic acids is 1. The maximum absolute atomic E-state index is 12.9. The summed E-state index contributed by atoms with van der Waals surface area (Å²) in [4.78, 5) is 14.3. The van der Waals surface area contributed by atoms with Crippen molar-refractivity contribution in [2.45, 2.75) is 19.5 Å². The lowest BCUT2D eigenvalue weighted by atomic mass is 10.1. The molecular formula is C19H23FN2O3. The van der Waals surface area contributed by atoms with Crippen molar-refractivity contribution < 1.29 is 18.7 Å². The fraction of sp³-hybridized carbons (Fsp3) is 0.316. The van der Waals surface area contributed by atoms with Gasteiger partial charge in [-0.05, 0) is 44.3 Å². The number of halogens is 1. The van der Waals surface area contributed by atoms with Gasteiger partial charge in [0.1, 0.15) is 17.3 Å². The first-order chi connectivity index (χ1) is 11.9. The SMILES string of the molecule is COc1ccc(CN(C)C(C)C(=O)Nc2ccc(F)cc2)c(OC)c1.